The van der Waals surface area contributed by atoms with Gasteiger partial charge in [0.05, 0.1) is 0 Å². The molecule has 0 unspecified atom stereocenters. The molecule has 102 valence electrons. The molecule has 20 heavy (non-hydrogen) atoms. The molecule has 0 atom stereocenters. The fourth-order valence-corrected chi connectivity index (χ4v) is 2.40. The molecule has 0 aliphatic carbocycles. The van der Waals surface area contributed by atoms with Crippen molar-refractivity contribution in [2.45, 2.75) is 12.8 Å². The van der Waals surface area contributed by atoms with Crippen LogP contribution in [-0.4, -0.2) is 28.9 Å². The third-order valence-corrected chi connectivity index (χ3v) is 3.49. The summed E-state index contributed by atoms with van der Waals surface area (Å²) in [5.41, 5.74) is 2.71. The van der Waals surface area contributed by atoms with E-state index in [4.69, 9.17) is 0 Å². The average molecular weight is 267 g/mol. The summed E-state index contributed by atoms with van der Waals surface area (Å²) >= 11 is 0. The Bertz CT molecular complexity index is 574. The largest absolute Gasteiger partial charge is 0.355 e. The second kappa shape index (κ2) is 5.74. The molecule has 1 fully saturated rings. The summed E-state index contributed by atoms with van der Waals surface area (Å²) in [6, 6.07) is 11.4. The molecule has 1 aliphatic heterocycles. The van der Waals surface area contributed by atoms with E-state index < -0.39 is 0 Å². The first-order chi connectivity index (χ1) is 9.83. The first kappa shape index (κ1) is 12.7. The smallest absolute Gasteiger partial charge is 0.253 e. The van der Waals surface area contributed by atoms with E-state index in [0.717, 1.165) is 42.9 Å². The van der Waals surface area contributed by atoms with Gasteiger partial charge in [-0.1, -0.05) is 0 Å². The van der Waals surface area contributed by atoms with Crippen LogP contribution in [0.2, 0.25) is 0 Å². The molecule has 4 heteroatoms. The van der Waals surface area contributed by atoms with E-state index in [-0.39, 0.29) is 5.91 Å². The van der Waals surface area contributed by atoms with Crippen LogP contribution in [0.15, 0.2) is 48.8 Å². The molecule has 2 heterocycles. The van der Waals surface area contributed by atoms with E-state index in [9.17, 15) is 4.79 Å². The molecule has 0 radical (unpaired) electrons. The van der Waals surface area contributed by atoms with Crippen LogP contribution in [0.1, 0.15) is 23.2 Å². The quantitative estimate of drug-likeness (QED) is 0.929. The summed E-state index contributed by atoms with van der Waals surface area (Å²) in [4.78, 5) is 18.1. The van der Waals surface area contributed by atoms with E-state index in [1.54, 1.807) is 12.4 Å². The van der Waals surface area contributed by atoms with Gasteiger partial charge in [0, 0.05) is 42.4 Å². The third-order valence-electron chi connectivity index (χ3n) is 3.49. The summed E-state index contributed by atoms with van der Waals surface area (Å²) in [6.45, 7) is 1.77. The van der Waals surface area contributed by atoms with Crippen LogP contribution < -0.4 is 5.32 Å². The molecule has 1 N–H and O–H groups in total. The number of amides is 1. The van der Waals surface area contributed by atoms with Crippen LogP contribution >= 0.6 is 0 Å². The summed E-state index contributed by atoms with van der Waals surface area (Å²) in [6.07, 6.45) is 5.72. The van der Waals surface area contributed by atoms with Crippen molar-refractivity contribution in [3.63, 3.8) is 0 Å². The number of pyridine rings is 1. The molecule has 0 bridgehead atoms. The number of aromatic nitrogens is 1. The third kappa shape index (κ3) is 2.79. The van der Waals surface area contributed by atoms with Crippen molar-refractivity contribution in [3.05, 3.63) is 54.4 Å². The monoisotopic (exact) mass is 267 g/mol. The van der Waals surface area contributed by atoms with Crippen molar-refractivity contribution in [3.8, 4) is 0 Å². The minimum Gasteiger partial charge on any atom is -0.355 e. The number of carbonyl (C=O) groups excluding carboxylic acids is 1. The number of nitrogens with zero attached hydrogens (tertiary/aromatic N) is 2. The highest BCUT2D eigenvalue weighted by Gasteiger charge is 2.18. The number of carbonyl (C=O) groups is 1. The van der Waals surface area contributed by atoms with E-state index in [1.807, 2.05) is 41.3 Å². The lowest BCUT2D eigenvalue weighted by Crippen LogP contribution is -2.27. The molecule has 1 amide bonds. The second-order valence-corrected chi connectivity index (χ2v) is 4.94. The van der Waals surface area contributed by atoms with Crippen molar-refractivity contribution < 1.29 is 4.79 Å². The molecule has 1 aliphatic rings. The zero-order valence-electron chi connectivity index (χ0n) is 11.2. The molecule has 1 aromatic carbocycles. The van der Waals surface area contributed by atoms with Crippen molar-refractivity contribution in [2.24, 2.45) is 0 Å². The van der Waals surface area contributed by atoms with E-state index in [2.05, 4.69) is 10.3 Å². The number of anilines is 2. The van der Waals surface area contributed by atoms with Gasteiger partial charge in [-0.25, -0.2) is 0 Å². The van der Waals surface area contributed by atoms with Gasteiger partial charge >= 0.3 is 0 Å². The van der Waals surface area contributed by atoms with Gasteiger partial charge in [-0.3, -0.25) is 9.78 Å². The maximum absolute atomic E-state index is 12.2. The van der Waals surface area contributed by atoms with Crippen LogP contribution in [-0.2, 0) is 0 Å². The van der Waals surface area contributed by atoms with Crippen LogP contribution in [0.4, 0.5) is 11.4 Å². The maximum atomic E-state index is 12.2. The lowest BCUT2D eigenvalue weighted by Gasteiger charge is -2.15. The van der Waals surface area contributed by atoms with Gasteiger partial charge in [0.1, 0.15) is 0 Å². The van der Waals surface area contributed by atoms with Crippen LogP contribution in [0.25, 0.3) is 0 Å². The standard InChI is InChI=1S/C16H17N3O/c20-16(19-11-1-2-12-19)13-3-5-14(6-4-13)18-15-7-9-17-10-8-15/h3-10H,1-2,11-12H2,(H,17,18). The van der Waals surface area contributed by atoms with E-state index in [0.29, 0.717) is 0 Å². The molecule has 0 saturated carbocycles. The predicted octanol–water partition coefficient (Wildman–Crippen LogP) is 3.06. The Balaban J connectivity index is 1.69. The number of likely N-dealkylation sites (tertiary alicyclic amines) is 1. The highest BCUT2D eigenvalue weighted by molar-refractivity contribution is 5.94. The normalized spacial score (nSPS) is 14.3. The minimum absolute atomic E-state index is 0.137. The zero-order chi connectivity index (χ0) is 13.8. The van der Waals surface area contributed by atoms with Crippen molar-refractivity contribution >= 4 is 17.3 Å². The highest BCUT2D eigenvalue weighted by atomic mass is 16.2. The lowest BCUT2D eigenvalue weighted by atomic mass is 10.2. The average Bonchev–Trinajstić information content (AvgIpc) is 3.03. The Morgan fingerprint density at radius 3 is 2.20 bits per heavy atom. The number of rotatable bonds is 3. The number of nitrogens with one attached hydrogen (secondary N) is 1. The van der Waals surface area contributed by atoms with Crippen molar-refractivity contribution in [1.82, 2.24) is 9.88 Å². The fourth-order valence-electron chi connectivity index (χ4n) is 2.40. The van der Waals surface area contributed by atoms with E-state index >= 15 is 0 Å². The first-order valence-electron chi connectivity index (χ1n) is 6.89. The van der Waals surface area contributed by atoms with Crippen molar-refractivity contribution in [1.29, 1.82) is 0 Å². The maximum Gasteiger partial charge on any atom is 0.253 e. The molecule has 1 aromatic heterocycles. The Morgan fingerprint density at radius 2 is 1.55 bits per heavy atom. The van der Waals surface area contributed by atoms with Gasteiger partial charge in [-0.15, -0.1) is 0 Å². The van der Waals surface area contributed by atoms with Crippen molar-refractivity contribution in [2.75, 3.05) is 18.4 Å². The number of hydrogen-bond donors (Lipinski definition) is 1. The Kier molecular flexibility index (Phi) is 3.63. The summed E-state index contributed by atoms with van der Waals surface area (Å²) in [5, 5.41) is 3.27. The highest BCUT2D eigenvalue weighted by Crippen LogP contribution is 2.18. The molecule has 2 aromatic rings. The summed E-state index contributed by atoms with van der Waals surface area (Å²) in [7, 11) is 0. The topological polar surface area (TPSA) is 45.2 Å². The molecular weight excluding hydrogens is 250 g/mol. The number of benzene rings is 1. The predicted molar refractivity (Wildman–Crippen MR) is 79.1 cm³/mol. The van der Waals surface area contributed by atoms with Gasteiger partial charge in [-0.05, 0) is 49.2 Å². The minimum atomic E-state index is 0.137. The Hall–Kier alpha value is -2.36. The van der Waals surface area contributed by atoms with E-state index in [1.165, 1.54) is 0 Å². The zero-order valence-corrected chi connectivity index (χ0v) is 11.2. The molecule has 4 nitrogen and oxygen atoms in total. The summed E-state index contributed by atoms with van der Waals surface area (Å²) in [5.74, 6) is 0.137. The number of hydrogen-bond acceptors (Lipinski definition) is 3. The molecular formula is C16H17N3O. The second-order valence-electron chi connectivity index (χ2n) is 4.94. The van der Waals surface area contributed by atoms with Gasteiger partial charge in [-0.2, -0.15) is 0 Å². The first-order valence-corrected chi connectivity index (χ1v) is 6.89. The van der Waals surface area contributed by atoms with Crippen LogP contribution in [0.5, 0.6) is 0 Å². The van der Waals surface area contributed by atoms with Gasteiger partial charge < -0.3 is 10.2 Å². The summed E-state index contributed by atoms with van der Waals surface area (Å²) < 4.78 is 0. The SMILES string of the molecule is O=C(c1ccc(Nc2ccncc2)cc1)N1CCCC1. The lowest BCUT2D eigenvalue weighted by molar-refractivity contribution is 0.0793. The molecule has 1 saturated heterocycles. The molecule has 3 rings (SSSR count). The Labute approximate surface area is 118 Å². The van der Waals surface area contributed by atoms with Crippen LogP contribution in [0.3, 0.4) is 0 Å². The van der Waals surface area contributed by atoms with Gasteiger partial charge in [0.2, 0.25) is 0 Å². The van der Waals surface area contributed by atoms with Gasteiger partial charge in [0.15, 0.2) is 0 Å². The Morgan fingerprint density at radius 1 is 0.950 bits per heavy atom. The van der Waals surface area contributed by atoms with Gasteiger partial charge in [0.25, 0.3) is 5.91 Å². The van der Waals surface area contributed by atoms with Crippen LogP contribution in [0, 0.1) is 0 Å². The fraction of sp³-hybridized carbons (Fsp3) is 0.250. The molecule has 0 spiro atoms.